The van der Waals surface area contributed by atoms with Crippen LogP contribution in [-0.4, -0.2) is 35.1 Å². The summed E-state index contributed by atoms with van der Waals surface area (Å²) < 4.78 is 0. The van der Waals surface area contributed by atoms with E-state index < -0.39 is 0 Å². The number of hydrogen-bond donors (Lipinski definition) is 2. The third-order valence-electron chi connectivity index (χ3n) is 6.11. The normalized spacial score (nSPS) is 18.4. The first-order valence-corrected chi connectivity index (χ1v) is 11.4. The average Bonchev–Trinajstić information content (AvgIpc) is 3.23. The van der Waals surface area contributed by atoms with Crippen LogP contribution >= 0.6 is 24.8 Å². The van der Waals surface area contributed by atoms with Crippen molar-refractivity contribution in [3.8, 4) is 6.07 Å². The zero-order valence-corrected chi connectivity index (χ0v) is 20.4. The van der Waals surface area contributed by atoms with Crippen LogP contribution in [0.5, 0.6) is 0 Å². The van der Waals surface area contributed by atoms with Crippen molar-refractivity contribution in [2.75, 3.05) is 23.3 Å². The molecule has 0 radical (unpaired) electrons. The number of nitriles is 1. The molecule has 2 aliphatic rings. The summed E-state index contributed by atoms with van der Waals surface area (Å²) in [6.45, 7) is 4.20. The van der Waals surface area contributed by atoms with Gasteiger partial charge in [0.15, 0.2) is 0 Å². The molecule has 2 N–H and O–H groups in total. The highest BCUT2D eigenvalue weighted by Gasteiger charge is 2.26. The van der Waals surface area contributed by atoms with Crippen LogP contribution in [0.1, 0.15) is 63.1 Å². The molecule has 4 rings (SSSR count). The van der Waals surface area contributed by atoms with E-state index in [1.807, 2.05) is 18.2 Å². The Morgan fingerprint density at radius 3 is 2.62 bits per heavy atom. The molecule has 0 amide bonds. The van der Waals surface area contributed by atoms with Gasteiger partial charge < -0.3 is 15.5 Å². The van der Waals surface area contributed by atoms with Gasteiger partial charge in [-0.15, -0.1) is 24.8 Å². The van der Waals surface area contributed by atoms with E-state index in [-0.39, 0.29) is 24.8 Å². The van der Waals surface area contributed by atoms with Gasteiger partial charge in [0.25, 0.3) is 0 Å². The number of rotatable bonds is 7. The lowest BCUT2D eigenvalue weighted by atomic mass is 9.95. The molecule has 0 spiro atoms. The lowest BCUT2D eigenvalue weighted by Crippen LogP contribution is -2.41. The highest BCUT2D eigenvalue weighted by Crippen LogP contribution is 2.25. The number of aryl methyl sites for hydroxylation is 1. The van der Waals surface area contributed by atoms with Crippen LogP contribution in [0, 0.1) is 11.3 Å². The summed E-state index contributed by atoms with van der Waals surface area (Å²) in [5.41, 5.74) is 2.53. The van der Waals surface area contributed by atoms with Crippen molar-refractivity contribution in [2.45, 2.75) is 70.4 Å². The highest BCUT2D eigenvalue weighted by atomic mass is 35.5. The summed E-state index contributed by atoms with van der Waals surface area (Å²) in [5, 5.41) is 16.3. The number of benzene rings is 1. The minimum atomic E-state index is 0. The Bertz CT molecular complexity index is 894. The number of nitrogens with one attached hydrogen (secondary N) is 2. The molecule has 2 aromatic rings. The van der Waals surface area contributed by atoms with Gasteiger partial charge in [-0.25, -0.2) is 4.98 Å². The number of aromatic nitrogens is 2. The molecule has 32 heavy (non-hydrogen) atoms. The second-order valence-electron chi connectivity index (χ2n) is 8.54. The van der Waals surface area contributed by atoms with Crippen LogP contribution in [0.25, 0.3) is 0 Å². The topological polar surface area (TPSA) is 76.9 Å². The Morgan fingerprint density at radius 2 is 1.88 bits per heavy atom. The summed E-state index contributed by atoms with van der Waals surface area (Å²) >= 11 is 0. The quantitative estimate of drug-likeness (QED) is 0.557. The molecule has 1 aromatic heterocycles. The molecule has 2 fully saturated rings. The van der Waals surface area contributed by atoms with E-state index in [1.165, 1.54) is 32.1 Å². The molecule has 1 aliphatic carbocycles. The van der Waals surface area contributed by atoms with Gasteiger partial charge in [0.2, 0.25) is 5.95 Å². The third-order valence-corrected chi connectivity index (χ3v) is 6.11. The summed E-state index contributed by atoms with van der Waals surface area (Å²) in [6.07, 6.45) is 9.90. The van der Waals surface area contributed by atoms with Crippen molar-refractivity contribution in [2.24, 2.45) is 0 Å². The Labute approximate surface area is 204 Å². The first-order valence-electron chi connectivity index (χ1n) is 11.4. The molecule has 1 aliphatic heterocycles. The lowest BCUT2D eigenvalue weighted by Gasteiger charge is -2.26. The van der Waals surface area contributed by atoms with Crippen LogP contribution in [0.2, 0.25) is 0 Å². The van der Waals surface area contributed by atoms with Crippen molar-refractivity contribution in [1.82, 2.24) is 15.3 Å². The predicted octanol–water partition coefficient (Wildman–Crippen LogP) is 5.39. The number of anilines is 3. The van der Waals surface area contributed by atoms with Crippen molar-refractivity contribution < 1.29 is 0 Å². The SMILES string of the molecule is CCCc1cc(N2CCC(NC3CCCCC3)C2)nc(Nc2cccc(C#N)c2)n1.Cl.Cl. The Hall–Kier alpha value is -2.07. The Kier molecular flexibility index (Phi) is 10.5. The molecule has 174 valence electrons. The van der Waals surface area contributed by atoms with Gasteiger partial charge in [-0.3, -0.25) is 0 Å². The maximum Gasteiger partial charge on any atom is 0.229 e. The molecule has 1 saturated carbocycles. The number of halogens is 2. The zero-order valence-electron chi connectivity index (χ0n) is 18.7. The fraction of sp³-hybridized carbons (Fsp3) is 0.542. The molecule has 0 bridgehead atoms. The highest BCUT2D eigenvalue weighted by molar-refractivity contribution is 5.85. The summed E-state index contributed by atoms with van der Waals surface area (Å²) in [4.78, 5) is 11.9. The standard InChI is InChI=1S/C24H32N6.2ClH/c1-2-7-20-15-23(29-24(27-20)28-21-11-6-8-18(14-21)16-25)30-13-12-22(17-30)26-19-9-4-3-5-10-19;;/h6,8,11,14-15,19,22,26H,2-5,7,9-10,12-13,17H2,1H3,(H,27,28,29);2*1H. The molecule has 1 saturated heterocycles. The summed E-state index contributed by atoms with van der Waals surface area (Å²) in [7, 11) is 0. The van der Waals surface area contributed by atoms with E-state index in [0.29, 0.717) is 23.6 Å². The second kappa shape index (κ2) is 12.8. The van der Waals surface area contributed by atoms with Gasteiger partial charge >= 0.3 is 0 Å². The molecule has 6 nitrogen and oxygen atoms in total. The minimum Gasteiger partial charge on any atom is -0.355 e. The molecule has 1 atom stereocenters. The van der Waals surface area contributed by atoms with E-state index >= 15 is 0 Å². The van der Waals surface area contributed by atoms with Crippen molar-refractivity contribution in [3.63, 3.8) is 0 Å². The van der Waals surface area contributed by atoms with Gasteiger partial charge in [0.1, 0.15) is 5.82 Å². The molecule has 1 unspecified atom stereocenters. The lowest BCUT2D eigenvalue weighted by molar-refractivity contribution is 0.344. The summed E-state index contributed by atoms with van der Waals surface area (Å²) in [5.74, 6) is 1.61. The van der Waals surface area contributed by atoms with Gasteiger partial charge in [-0.1, -0.05) is 38.7 Å². The van der Waals surface area contributed by atoms with E-state index in [4.69, 9.17) is 15.2 Å². The second-order valence-corrected chi connectivity index (χ2v) is 8.54. The van der Waals surface area contributed by atoms with Gasteiger partial charge in [0, 0.05) is 42.6 Å². The smallest absolute Gasteiger partial charge is 0.229 e. The van der Waals surface area contributed by atoms with Crippen LogP contribution in [0.3, 0.4) is 0 Å². The third kappa shape index (κ3) is 6.96. The predicted molar refractivity (Wildman–Crippen MR) is 136 cm³/mol. The maximum absolute atomic E-state index is 9.15. The number of hydrogen-bond acceptors (Lipinski definition) is 6. The molecule has 8 heteroatoms. The first kappa shape index (κ1) is 26.2. The van der Waals surface area contributed by atoms with Gasteiger partial charge in [0.05, 0.1) is 11.6 Å². The molecular formula is C24H34Cl2N6. The van der Waals surface area contributed by atoms with Crippen LogP contribution in [-0.2, 0) is 6.42 Å². The minimum absolute atomic E-state index is 0. The van der Waals surface area contributed by atoms with Crippen LogP contribution in [0.15, 0.2) is 30.3 Å². The maximum atomic E-state index is 9.15. The largest absolute Gasteiger partial charge is 0.355 e. The van der Waals surface area contributed by atoms with E-state index in [0.717, 1.165) is 49.6 Å². The fourth-order valence-corrected chi connectivity index (χ4v) is 4.59. The fourth-order valence-electron chi connectivity index (χ4n) is 4.59. The first-order chi connectivity index (χ1) is 14.7. The van der Waals surface area contributed by atoms with Gasteiger partial charge in [-0.05, 0) is 43.9 Å². The Balaban J connectivity index is 0.00000181. The molecule has 1 aromatic carbocycles. The molecular weight excluding hydrogens is 443 g/mol. The van der Waals surface area contributed by atoms with Crippen LogP contribution < -0.4 is 15.5 Å². The monoisotopic (exact) mass is 476 g/mol. The van der Waals surface area contributed by atoms with Crippen LogP contribution in [0.4, 0.5) is 17.5 Å². The zero-order chi connectivity index (χ0) is 20.8. The van der Waals surface area contributed by atoms with E-state index in [1.54, 1.807) is 6.07 Å². The van der Waals surface area contributed by atoms with Gasteiger partial charge in [-0.2, -0.15) is 10.2 Å². The van der Waals surface area contributed by atoms with E-state index in [9.17, 15) is 0 Å². The summed E-state index contributed by atoms with van der Waals surface area (Å²) in [6, 6.07) is 13.0. The number of nitrogens with zero attached hydrogens (tertiary/aromatic N) is 4. The molecule has 2 heterocycles. The van der Waals surface area contributed by atoms with Crippen molar-refractivity contribution in [3.05, 3.63) is 41.6 Å². The average molecular weight is 477 g/mol. The Morgan fingerprint density at radius 1 is 1.06 bits per heavy atom. The van der Waals surface area contributed by atoms with Crippen molar-refractivity contribution in [1.29, 1.82) is 5.26 Å². The van der Waals surface area contributed by atoms with Crippen molar-refractivity contribution >= 4 is 42.3 Å². The van der Waals surface area contributed by atoms with E-state index in [2.05, 4.69) is 34.6 Å².